The predicted molar refractivity (Wildman–Crippen MR) is 82.9 cm³/mol. The summed E-state index contributed by atoms with van der Waals surface area (Å²) in [5, 5.41) is 0. The zero-order valence-corrected chi connectivity index (χ0v) is 13.0. The van der Waals surface area contributed by atoms with Crippen molar-refractivity contribution in [3.8, 4) is 0 Å². The minimum atomic E-state index is -0.222. The van der Waals surface area contributed by atoms with Crippen molar-refractivity contribution in [3.05, 3.63) is 70.7 Å². The summed E-state index contributed by atoms with van der Waals surface area (Å²) in [7, 11) is 0. The molecule has 3 heteroatoms. The van der Waals surface area contributed by atoms with E-state index in [0.717, 1.165) is 14.5 Å². The molecule has 0 bridgehead atoms. The summed E-state index contributed by atoms with van der Waals surface area (Å²) in [5.74, 6) is -0.222. The van der Waals surface area contributed by atoms with Gasteiger partial charge in [0.05, 0.1) is 0 Å². The van der Waals surface area contributed by atoms with E-state index >= 15 is 0 Å². The predicted octanol–water partition coefficient (Wildman–Crippen LogP) is 2.62. The maximum atomic E-state index is 12.1. The SMILES string of the molecule is CCOC(=O)/C(=C\c1ccccc1)[Se]c1ccccc1. The zero-order valence-electron chi connectivity index (χ0n) is 11.3. The molecule has 0 radical (unpaired) electrons. The van der Waals surface area contributed by atoms with Gasteiger partial charge in [-0.15, -0.1) is 0 Å². The zero-order chi connectivity index (χ0) is 14.2. The van der Waals surface area contributed by atoms with Crippen molar-refractivity contribution >= 4 is 31.5 Å². The van der Waals surface area contributed by atoms with Crippen LogP contribution in [0.1, 0.15) is 12.5 Å². The second-order valence-electron chi connectivity index (χ2n) is 4.05. The van der Waals surface area contributed by atoms with Crippen molar-refractivity contribution in [1.82, 2.24) is 0 Å². The number of hydrogen-bond acceptors (Lipinski definition) is 2. The van der Waals surface area contributed by atoms with Crippen molar-refractivity contribution < 1.29 is 9.53 Å². The van der Waals surface area contributed by atoms with Crippen LogP contribution in [0.2, 0.25) is 0 Å². The number of hydrogen-bond donors (Lipinski definition) is 0. The fourth-order valence-electron chi connectivity index (χ4n) is 1.65. The van der Waals surface area contributed by atoms with Gasteiger partial charge in [-0.3, -0.25) is 0 Å². The monoisotopic (exact) mass is 332 g/mol. The Balaban J connectivity index is 2.25. The number of ether oxygens (including phenoxy) is 1. The van der Waals surface area contributed by atoms with Gasteiger partial charge in [0.1, 0.15) is 0 Å². The number of benzene rings is 2. The third-order valence-electron chi connectivity index (χ3n) is 2.54. The van der Waals surface area contributed by atoms with Gasteiger partial charge in [0.25, 0.3) is 0 Å². The van der Waals surface area contributed by atoms with E-state index in [2.05, 4.69) is 0 Å². The summed E-state index contributed by atoms with van der Waals surface area (Å²) in [4.78, 5) is 12.1. The van der Waals surface area contributed by atoms with Crippen LogP contribution >= 0.6 is 0 Å². The molecule has 0 aromatic heterocycles. The Morgan fingerprint density at radius 2 is 1.65 bits per heavy atom. The molecule has 0 saturated carbocycles. The third-order valence-corrected chi connectivity index (χ3v) is 4.67. The summed E-state index contributed by atoms with van der Waals surface area (Å²) in [5.41, 5.74) is 1.02. The van der Waals surface area contributed by atoms with E-state index in [0.29, 0.717) is 6.61 Å². The Labute approximate surface area is 125 Å². The van der Waals surface area contributed by atoms with Gasteiger partial charge < -0.3 is 0 Å². The average molecular weight is 331 g/mol. The summed E-state index contributed by atoms with van der Waals surface area (Å²) < 4.78 is 7.05. The molecule has 0 atom stereocenters. The van der Waals surface area contributed by atoms with E-state index in [1.165, 1.54) is 0 Å². The number of carbonyl (C=O) groups excluding carboxylic acids is 1. The molecule has 0 spiro atoms. The molecule has 0 unspecified atom stereocenters. The molecule has 0 aliphatic rings. The van der Waals surface area contributed by atoms with Crippen molar-refractivity contribution in [2.24, 2.45) is 0 Å². The Kier molecular flexibility index (Phi) is 5.60. The van der Waals surface area contributed by atoms with Crippen LogP contribution in [0.4, 0.5) is 0 Å². The van der Waals surface area contributed by atoms with E-state index in [9.17, 15) is 4.79 Å². The molecular formula is C17H16O2Se. The number of esters is 1. The van der Waals surface area contributed by atoms with Crippen LogP contribution in [-0.2, 0) is 9.53 Å². The quantitative estimate of drug-likeness (QED) is 0.478. The molecule has 2 aromatic carbocycles. The number of rotatable bonds is 5. The van der Waals surface area contributed by atoms with Gasteiger partial charge >= 0.3 is 125 Å². The van der Waals surface area contributed by atoms with Crippen molar-refractivity contribution in [2.45, 2.75) is 6.92 Å². The summed E-state index contributed by atoms with van der Waals surface area (Å²) in [6, 6.07) is 19.9. The first-order valence-electron chi connectivity index (χ1n) is 6.46. The van der Waals surface area contributed by atoms with Gasteiger partial charge in [-0.2, -0.15) is 0 Å². The topological polar surface area (TPSA) is 26.3 Å². The maximum absolute atomic E-state index is 12.1. The molecule has 0 fully saturated rings. The van der Waals surface area contributed by atoms with Gasteiger partial charge in [-0.1, -0.05) is 0 Å². The fourth-order valence-corrected chi connectivity index (χ4v) is 3.50. The van der Waals surface area contributed by atoms with Crippen molar-refractivity contribution in [2.75, 3.05) is 6.61 Å². The number of carbonyl (C=O) groups is 1. The molecular weight excluding hydrogens is 315 g/mol. The summed E-state index contributed by atoms with van der Waals surface area (Å²) in [6.07, 6.45) is 1.92. The molecule has 102 valence electrons. The Morgan fingerprint density at radius 3 is 2.25 bits per heavy atom. The first kappa shape index (κ1) is 14.6. The van der Waals surface area contributed by atoms with Crippen LogP contribution in [0.5, 0.6) is 0 Å². The summed E-state index contributed by atoms with van der Waals surface area (Å²) >= 11 is -0.0522. The molecule has 0 N–H and O–H groups in total. The van der Waals surface area contributed by atoms with Crippen LogP contribution in [0.3, 0.4) is 0 Å². The molecule has 0 amide bonds. The molecule has 20 heavy (non-hydrogen) atoms. The van der Waals surface area contributed by atoms with E-state index in [1.807, 2.05) is 73.7 Å². The fraction of sp³-hybridized carbons (Fsp3) is 0.118. The first-order valence-corrected chi connectivity index (χ1v) is 8.17. The third kappa shape index (κ3) is 4.37. The van der Waals surface area contributed by atoms with E-state index in [1.54, 1.807) is 0 Å². The van der Waals surface area contributed by atoms with Gasteiger partial charge in [0, 0.05) is 0 Å². The summed E-state index contributed by atoms with van der Waals surface area (Å²) in [6.45, 7) is 2.23. The molecule has 0 heterocycles. The molecule has 2 aromatic rings. The van der Waals surface area contributed by atoms with Gasteiger partial charge in [0.15, 0.2) is 0 Å². The van der Waals surface area contributed by atoms with E-state index in [-0.39, 0.29) is 20.9 Å². The molecule has 2 nitrogen and oxygen atoms in total. The second kappa shape index (κ2) is 7.68. The Morgan fingerprint density at radius 1 is 1.05 bits per heavy atom. The normalized spacial score (nSPS) is 11.2. The minimum absolute atomic E-state index is 0.0522. The van der Waals surface area contributed by atoms with Crippen molar-refractivity contribution in [1.29, 1.82) is 0 Å². The molecule has 0 saturated heterocycles. The van der Waals surface area contributed by atoms with Crippen LogP contribution in [0, 0.1) is 0 Å². The Hall–Kier alpha value is -1.83. The molecule has 2 rings (SSSR count). The van der Waals surface area contributed by atoms with Gasteiger partial charge in [-0.25, -0.2) is 0 Å². The van der Waals surface area contributed by atoms with Crippen LogP contribution in [-0.4, -0.2) is 27.5 Å². The standard InChI is InChI=1S/C17H16O2Se/c1-2-19-17(18)16(13-14-9-5-3-6-10-14)20-15-11-7-4-8-12-15/h3-13H,2H2,1H3/b16-13+. The first-order chi connectivity index (χ1) is 9.79. The average Bonchev–Trinajstić information content (AvgIpc) is 2.49. The van der Waals surface area contributed by atoms with Gasteiger partial charge in [0.2, 0.25) is 0 Å². The van der Waals surface area contributed by atoms with Crippen LogP contribution < -0.4 is 4.46 Å². The van der Waals surface area contributed by atoms with Gasteiger partial charge in [-0.05, 0) is 0 Å². The van der Waals surface area contributed by atoms with Crippen LogP contribution in [0.25, 0.3) is 6.08 Å². The molecule has 0 aliphatic carbocycles. The Bertz CT molecular complexity index is 576. The molecule has 0 aliphatic heterocycles. The van der Waals surface area contributed by atoms with E-state index in [4.69, 9.17) is 4.74 Å². The van der Waals surface area contributed by atoms with E-state index < -0.39 is 0 Å². The van der Waals surface area contributed by atoms with Crippen molar-refractivity contribution in [3.63, 3.8) is 0 Å². The second-order valence-corrected chi connectivity index (χ2v) is 6.39. The van der Waals surface area contributed by atoms with Crippen LogP contribution in [0.15, 0.2) is 65.1 Å².